The Balaban J connectivity index is 8.21. The van der Waals surface area contributed by atoms with E-state index >= 15 is 0 Å². The van der Waals surface area contributed by atoms with Crippen molar-refractivity contribution in [2.45, 2.75) is 103 Å². The number of hydrogen-bond acceptors (Lipinski definition) is 1. The van der Waals surface area contributed by atoms with E-state index in [-0.39, 0.29) is 0 Å². The number of carboxylic acid groups (broad SMARTS) is 1. The quantitative estimate of drug-likeness (QED) is 0.104. The van der Waals surface area contributed by atoms with Crippen molar-refractivity contribution >= 4 is 574 Å². The van der Waals surface area contributed by atoms with Crippen LogP contribution in [0, 0.1) is 0 Å². The van der Waals surface area contributed by atoms with E-state index in [0.29, 0.717) is 0 Å². The van der Waals surface area contributed by atoms with E-state index in [0.717, 1.165) is 0 Å². The van der Waals surface area contributed by atoms with Gasteiger partial charge in [-0.2, -0.15) is 0 Å². The molecule has 0 heterocycles. The van der Waals surface area contributed by atoms with Gasteiger partial charge in [0.05, 0.1) is 0 Å². The standard InChI is InChI=1S/C25HCl49O2/c26-2(27,1(75)76)3(28,29)4(30,31)5(32,33)6(34,35)7(36,37)8(38,39)9(40,41)10(42,43)11(44,45)12(46,47)13(48,49)14(50,51)15(52,53)16(54,55)17(56,57)18(58,59)19(60,61)20(62,63)21(64,65)22(66,67)23(68,69)24(70,71)25(72,73)74/h(H,75,76). The van der Waals surface area contributed by atoms with E-state index in [2.05, 4.69) is 0 Å². The molecule has 0 aliphatic rings. The molecule has 2 nitrogen and oxygen atoms in total. The second-order valence-electron chi connectivity index (χ2n) is 14.0. The molecule has 0 saturated heterocycles. The number of halogens is 49. The summed E-state index contributed by atoms with van der Waals surface area (Å²) in [4.78, 5) is 11.9. The molecule has 0 aromatic rings. The number of carbonyl (C=O) groups is 1. The number of rotatable bonds is 23. The maximum Gasteiger partial charge on any atom is 0.343 e. The molecular formula is C25HCl49O2. The Bertz CT molecular complexity index is 2140. The van der Waals surface area contributed by atoms with Crippen molar-refractivity contribution in [1.82, 2.24) is 0 Å². The molecule has 456 valence electrons. The molecule has 1 N–H and O–H groups in total. The summed E-state index contributed by atoms with van der Waals surface area (Å²) >= 11 is 316. The van der Waals surface area contributed by atoms with Crippen molar-refractivity contribution in [2.75, 3.05) is 0 Å². The summed E-state index contributed by atoms with van der Waals surface area (Å²) < 4.78 is -89.4. The van der Waals surface area contributed by atoms with Crippen LogP contribution >= 0.6 is 568 Å². The predicted molar refractivity (Wildman–Crippen MR) is 360 cm³/mol. The lowest BCUT2D eigenvalue weighted by Gasteiger charge is -2.59. The summed E-state index contributed by atoms with van der Waals surface area (Å²) in [5.41, 5.74) is 0. The summed E-state index contributed by atoms with van der Waals surface area (Å²) in [5.74, 6) is -2.25. The Morgan fingerprint density at radius 2 is 0.237 bits per heavy atom. The highest BCUT2D eigenvalue weighted by molar-refractivity contribution is 6.88. The third-order valence-corrected chi connectivity index (χ3v) is 45.1. The van der Waals surface area contributed by atoms with Gasteiger partial charge >= 0.3 is 5.97 Å². The zero-order valence-electron chi connectivity index (χ0n) is 31.9. The molecule has 0 aliphatic carbocycles. The first-order chi connectivity index (χ1) is 31.7. The van der Waals surface area contributed by atoms with Gasteiger partial charge in [0.1, 0.15) is 0 Å². The topological polar surface area (TPSA) is 37.3 Å². The summed E-state index contributed by atoms with van der Waals surface area (Å²) in [6.45, 7) is 0. The van der Waals surface area contributed by atoms with Gasteiger partial charge < -0.3 is 5.11 Å². The van der Waals surface area contributed by atoms with E-state index in [1.165, 1.54) is 0 Å². The molecule has 0 spiro atoms. The van der Waals surface area contributed by atoms with Gasteiger partial charge in [0.15, 0.2) is 91.0 Å². The van der Waals surface area contributed by atoms with Gasteiger partial charge in [-0.05, 0) is 0 Å². The van der Waals surface area contributed by atoms with E-state index in [1.807, 2.05) is 0 Å². The first-order valence-electron chi connectivity index (χ1n) is 15.7. The number of hydrogen-bond donors (Lipinski definition) is 1. The van der Waals surface area contributed by atoms with Crippen LogP contribution in [0.15, 0.2) is 0 Å². The largest absolute Gasteiger partial charge is 0.479 e. The van der Waals surface area contributed by atoms with Crippen molar-refractivity contribution in [3.63, 3.8) is 0 Å². The van der Waals surface area contributed by atoms with Crippen molar-refractivity contribution in [2.24, 2.45) is 0 Å². The molecule has 0 saturated carbocycles. The summed E-state index contributed by atoms with van der Waals surface area (Å²) in [6.07, 6.45) is 0. The third-order valence-electron chi connectivity index (χ3n) is 9.30. The van der Waals surface area contributed by atoms with Gasteiger partial charge in [-0.3, -0.25) is 0 Å². The average molecular weight is 2070 g/mol. The first-order valence-corrected chi connectivity index (χ1v) is 34.2. The second-order valence-corrected chi connectivity index (χ2v) is 46.8. The second kappa shape index (κ2) is 26.4. The molecule has 0 bridgehead atoms. The molecule has 0 unspecified atom stereocenters. The first kappa shape index (κ1) is 89.7. The molecule has 0 amide bonds. The Hall–Kier alpha value is 13.7. The van der Waals surface area contributed by atoms with E-state index < -0.39 is 109 Å². The minimum atomic E-state index is -3.95. The molecular weight excluding hydrogens is 2070 g/mol. The average Bonchev–Trinajstić information content (AvgIpc) is 3.18. The fraction of sp³-hybridized carbons (Fsp3) is 0.960. The van der Waals surface area contributed by atoms with Gasteiger partial charge in [0.2, 0.25) is 12.5 Å². The molecule has 0 aliphatic heterocycles. The molecule has 0 rings (SSSR count). The highest BCUT2D eigenvalue weighted by Crippen LogP contribution is 2.81. The fourth-order valence-electron chi connectivity index (χ4n) is 4.45. The van der Waals surface area contributed by atoms with Crippen LogP contribution in [0.25, 0.3) is 0 Å². The summed E-state index contributed by atoms with van der Waals surface area (Å²) in [6, 6.07) is 0. The van der Waals surface area contributed by atoms with Gasteiger partial charge in [-0.1, -0.05) is 568 Å². The van der Waals surface area contributed by atoms with Gasteiger partial charge in [0.25, 0.3) is 0 Å². The van der Waals surface area contributed by atoms with Crippen LogP contribution in [0.5, 0.6) is 0 Å². The van der Waals surface area contributed by atoms with Crippen LogP contribution < -0.4 is 0 Å². The van der Waals surface area contributed by atoms with Crippen LogP contribution in [0.3, 0.4) is 0 Å². The highest BCUT2D eigenvalue weighted by Gasteiger charge is 2.90. The van der Waals surface area contributed by atoms with Crippen molar-refractivity contribution in [1.29, 1.82) is 0 Å². The summed E-state index contributed by atoms with van der Waals surface area (Å²) in [7, 11) is 0. The SMILES string of the molecule is O=C(O)C(Cl)(Cl)C(Cl)(Cl)C(Cl)(Cl)C(Cl)(Cl)C(Cl)(Cl)C(Cl)(Cl)C(Cl)(Cl)C(Cl)(Cl)C(Cl)(Cl)C(Cl)(Cl)C(Cl)(Cl)C(Cl)(Cl)C(Cl)(Cl)C(Cl)(Cl)C(Cl)(Cl)C(Cl)(Cl)C(Cl)(Cl)C(Cl)(Cl)C(Cl)(Cl)C(Cl)(Cl)C(Cl)(Cl)C(Cl)(Cl)C(Cl)(Cl)C(Cl)(Cl)Cl. The van der Waals surface area contributed by atoms with Crippen LogP contribution in [-0.4, -0.2) is 115 Å². The Morgan fingerprint density at radius 1 is 0.158 bits per heavy atom. The monoisotopic (exact) mass is 2050 g/mol. The molecule has 51 heteroatoms. The maximum absolute atomic E-state index is 11.9. The molecule has 0 fully saturated rings. The molecule has 0 aromatic carbocycles. The fourth-order valence-corrected chi connectivity index (χ4v) is 21.6. The third kappa shape index (κ3) is 12.8. The van der Waals surface area contributed by atoms with Crippen molar-refractivity contribution in [3.05, 3.63) is 0 Å². The zero-order chi connectivity index (χ0) is 63.6. The van der Waals surface area contributed by atoms with E-state index in [4.69, 9.17) is 568 Å². The van der Waals surface area contributed by atoms with E-state index in [1.54, 1.807) is 0 Å². The zero-order valence-corrected chi connectivity index (χ0v) is 68.9. The van der Waals surface area contributed by atoms with Gasteiger partial charge in [-0.25, -0.2) is 4.79 Å². The number of aliphatic carboxylic acids is 1. The van der Waals surface area contributed by atoms with Gasteiger partial charge in [0, 0.05) is 0 Å². The van der Waals surface area contributed by atoms with Gasteiger partial charge in [-0.15, -0.1) is 0 Å². The highest BCUT2D eigenvalue weighted by atomic mass is 35.6. The van der Waals surface area contributed by atoms with Crippen LogP contribution in [0.4, 0.5) is 0 Å². The number of alkyl halides is 49. The Kier molecular flexibility index (Phi) is 31.2. The minimum absolute atomic E-state index is 2.25. The van der Waals surface area contributed by atoms with Crippen molar-refractivity contribution < 1.29 is 9.90 Å². The lowest BCUT2D eigenvalue weighted by atomic mass is 9.95. The Labute approximate surface area is 675 Å². The lowest BCUT2D eigenvalue weighted by molar-refractivity contribution is -0.138. The molecule has 76 heavy (non-hydrogen) atoms. The smallest absolute Gasteiger partial charge is 0.343 e. The van der Waals surface area contributed by atoms with E-state index in [9.17, 15) is 9.90 Å². The predicted octanol–water partition coefficient (Wildman–Crippen LogP) is 28.4. The van der Waals surface area contributed by atoms with Crippen LogP contribution in [-0.2, 0) is 4.79 Å². The molecule has 0 radical (unpaired) electrons. The van der Waals surface area contributed by atoms with Crippen molar-refractivity contribution in [3.8, 4) is 0 Å². The maximum atomic E-state index is 11.9. The molecule has 0 atom stereocenters. The minimum Gasteiger partial charge on any atom is -0.479 e. The lowest BCUT2D eigenvalue weighted by Crippen LogP contribution is -2.77. The normalized spacial score (nSPS) is 17.4. The molecule has 0 aromatic heterocycles. The van der Waals surface area contributed by atoms with Crippen LogP contribution in [0.1, 0.15) is 0 Å². The summed E-state index contributed by atoms with van der Waals surface area (Å²) in [5, 5.41) is 9.61. The number of carboxylic acids is 1. The Morgan fingerprint density at radius 3 is 0.316 bits per heavy atom. The van der Waals surface area contributed by atoms with Crippen LogP contribution in [0.2, 0.25) is 0 Å².